The predicted octanol–water partition coefficient (Wildman–Crippen LogP) is 5.11. The van der Waals surface area contributed by atoms with Gasteiger partial charge >= 0.3 is 0 Å². The van der Waals surface area contributed by atoms with Gasteiger partial charge in [-0.2, -0.15) is 5.10 Å². The first-order chi connectivity index (χ1) is 14.2. The lowest BCUT2D eigenvalue weighted by molar-refractivity contribution is 0.102. The summed E-state index contributed by atoms with van der Waals surface area (Å²) in [6.45, 7) is 1.97. The van der Waals surface area contributed by atoms with Crippen molar-refractivity contribution in [3.05, 3.63) is 96.2 Å². The smallest absolute Gasteiger partial charge is 0.255 e. The van der Waals surface area contributed by atoms with Crippen molar-refractivity contribution >= 4 is 11.6 Å². The third-order valence-electron chi connectivity index (χ3n) is 4.63. The zero-order valence-electron chi connectivity index (χ0n) is 16.3. The number of ether oxygens (including phenoxy) is 1. The molecule has 0 fully saturated rings. The normalized spacial score (nSPS) is 10.6. The Bertz CT molecular complexity index is 1130. The molecular weight excluding hydrogens is 362 g/mol. The zero-order chi connectivity index (χ0) is 20.2. The molecule has 0 bridgehead atoms. The van der Waals surface area contributed by atoms with E-state index >= 15 is 0 Å². The molecule has 1 heterocycles. The van der Waals surface area contributed by atoms with Crippen LogP contribution < -0.4 is 10.1 Å². The standard InChI is InChI=1S/C24H21N3O2/c1-17-16-22(18-8-4-3-5-9-18)27(26-17)20-14-12-19(13-15-20)24(28)25-21-10-6-7-11-23(21)29-2/h3-16H,1-2H3,(H,25,28). The molecule has 144 valence electrons. The van der Waals surface area contributed by atoms with E-state index < -0.39 is 0 Å². The second-order valence-electron chi connectivity index (χ2n) is 6.65. The molecule has 4 rings (SSSR count). The topological polar surface area (TPSA) is 56.1 Å². The average molecular weight is 383 g/mol. The summed E-state index contributed by atoms with van der Waals surface area (Å²) in [5.74, 6) is 0.429. The highest BCUT2D eigenvalue weighted by Crippen LogP contribution is 2.25. The predicted molar refractivity (Wildman–Crippen MR) is 115 cm³/mol. The maximum atomic E-state index is 12.6. The Labute approximate surface area is 169 Å². The van der Waals surface area contributed by atoms with Crippen molar-refractivity contribution in [2.45, 2.75) is 6.92 Å². The summed E-state index contributed by atoms with van der Waals surface area (Å²) in [5, 5.41) is 7.51. The monoisotopic (exact) mass is 383 g/mol. The first-order valence-electron chi connectivity index (χ1n) is 9.32. The summed E-state index contributed by atoms with van der Waals surface area (Å²) < 4.78 is 7.19. The number of carbonyl (C=O) groups excluding carboxylic acids is 1. The molecular formula is C24H21N3O2. The molecule has 0 unspecified atom stereocenters. The van der Waals surface area contributed by atoms with E-state index in [-0.39, 0.29) is 5.91 Å². The van der Waals surface area contributed by atoms with Gasteiger partial charge in [0.05, 0.1) is 29.9 Å². The molecule has 0 aliphatic carbocycles. The minimum Gasteiger partial charge on any atom is -0.495 e. The molecule has 1 aromatic heterocycles. The number of methoxy groups -OCH3 is 1. The van der Waals surface area contributed by atoms with Gasteiger partial charge in [-0.15, -0.1) is 0 Å². The van der Waals surface area contributed by atoms with E-state index in [0.29, 0.717) is 17.0 Å². The maximum Gasteiger partial charge on any atom is 0.255 e. The molecule has 0 atom stereocenters. The lowest BCUT2D eigenvalue weighted by atomic mass is 10.1. The van der Waals surface area contributed by atoms with Crippen molar-refractivity contribution in [2.75, 3.05) is 12.4 Å². The van der Waals surface area contributed by atoms with Gasteiger partial charge in [0.25, 0.3) is 5.91 Å². The van der Waals surface area contributed by atoms with E-state index in [4.69, 9.17) is 4.74 Å². The Morgan fingerprint density at radius 2 is 1.62 bits per heavy atom. The fourth-order valence-corrected chi connectivity index (χ4v) is 3.21. The Balaban J connectivity index is 1.60. The van der Waals surface area contributed by atoms with Crippen LogP contribution in [-0.4, -0.2) is 22.8 Å². The highest BCUT2D eigenvalue weighted by atomic mass is 16.5. The van der Waals surface area contributed by atoms with E-state index in [1.807, 2.05) is 66.2 Å². The molecule has 5 nitrogen and oxygen atoms in total. The van der Waals surface area contributed by atoms with E-state index in [0.717, 1.165) is 22.6 Å². The van der Waals surface area contributed by atoms with Crippen molar-refractivity contribution in [3.8, 4) is 22.7 Å². The van der Waals surface area contributed by atoms with Crippen molar-refractivity contribution < 1.29 is 9.53 Å². The molecule has 0 aliphatic rings. The van der Waals surface area contributed by atoms with Crippen LogP contribution in [0, 0.1) is 6.92 Å². The molecule has 1 amide bonds. The van der Waals surface area contributed by atoms with Crippen LogP contribution in [0.2, 0.25) is 0 Å². The van der Waals surface area contributed by atoms with E-state index in [9.17, 15) is 4.79 Å². The number of carbonyl (C=O) groups is 1. The number of hydrogen-bond acceptors (Lipinski definition) is 3. The van der Waals surface area contributed by atoms with E-state index in [1.165, 1.54) is 0 Å². The highest BCUT2D eigenvalue weighted by molar-refractivity contribution is 6.05. The number of rotatable bonds is 5. The number of benzene rings is 3. The van der Waals surface area contributed by atoms with Gasteiger partial charge in [0.1, 0.15) is 5.75 Å². The highest BCUT2D eigenvalue weighted by Gasteiger charge is 2.12. The molecule has 5 heteroatoms. The van der Waals surface area contributed by atoms with Gasteiger partial charge in [0, 0.05) is 11.1 Å². The third-order valence-corrected chi connectivity index (χ3v) is 4.63. The van der Waals surface area contributed by atoms with E-state index in [2.05, 4.69) is 28.6 Å². The quantitative estimate of drug-likeness (QED) is 0.521. The Morgan fingerprint density at radius 1 is 0.931 bits per heavy atom. The zero-order valence-corrected chi connectivity index (χ0v) is 16.3. The second-order valence-corrected chi connectivity index (χ2v) is 6.65. The molecule has 29 heavy (non-hydrogen) atoms. The summed E-state index contributed by atoms with van der Waals surface area (Å²) in [6.07, 6.45) is 0. The van der Waals surface area contributed by atoms with Crippen LogP contribution >= 0.6 is 0 Å². The number of nitrogens with one attached hydrogen (secondary N) is 1. The van der Waals surface area contributed by atoms with Crippen molar-refractivity contribution in [3.63, 3.8) is 0 Å². The van der Waals surface area contributed by atoms with Crippen molar-refractivity contribution in [2.24, 2.45) is 0 Å². The molecule has 0 saturated carbocycles. The Morgan fingerprint density at radius 3 is 2.34 bits per heavy atom. The minimum atomic E-state index is -0.194. The number of hydrogen-bond donors (Lipinski definition) is 1. The van der Waals surface area contributed by atoms with Gasteiger partial charge < -0.3 is 10.1 Å². The van der Waals surface area contributed by atoms with Gasteiger partial charge in [-0.25, -0.2) is 4.68 Å². The first-order valence-corrected chi connectivity index (χ1v) is 9.32. The molecule has 0 saturated heterocycles. The van der Waals surface area contributed by atoms with E-state index in [1.54, 1.807) is 19.2 Å². The Kier molecular flexibility index (Phi) is 5.12. The van der Waals surface area contributed by atoms with Crippen molar-refractivity contribution in [1.29, 1.82) is 0 Å². The van der Waals surface area contributed by atoms with Crippen LogP contribution in [0.15, 0.2) is 84.9 Å². The number of anilines is 1. The number of aromatic nitrogens is 2. The summed E-state index contributed by atoms with van der Waals surface area (Å²) in [6, 6.07) is 26.9. The molecule has 3 aromatic carbocycles. The Hall–Kier alpha value is -3.86. The number of aryl methyl sites for hydroxylation is 1. The summed E-state index contributed by atoms with van der Waals surface area (Å²) in [4.78, 5) is 12.6. The van der Waals surface area contributed by atoms with Crippen LogP contribution in [0.3, 0.4) is 0 Å². The largest absolute Gasteiger partial charge is 0.495 e. The maximum absolute atomic E-state index is 12.6. The van der Waals surface area contributed by atoms with Gasteiger partial charge in [0.15, 0.2) is 0 Å². The van der Waals surface area contributed by atoms with Gasteiger partial charge in [0.2, 0.25) is 0 Å². The summed E-state index contributed by atoms with van der Waals surface area (Å²) in [7, 11) is 1.58. The number of nitrogens with zero attached hydrogens (tertiary/aromatic N) is 2. The fourth-order valence-electron chi connectivity index (χ4n) is 3.21. The van der Waals surface area contributed by atoms with Crippen LogP contribution in [0.1, 0.15) is 16.1 Å². The second kappa shape index (κ2) is 8.02. The first kappa shape index (κ1) is 18.5. The SMILES string of the molecule is COc1ccccc1NC(=O)c1ccc(-n2nc(C)cc2-c2ccccc2)cc1. The van der Waals surface area contributed by atoms with Crippen molar-refractivity contribution in [1.82, 2.24) is 9.78 Å². The molecule has 0 aliphatic heterocycles. The minimum absolute atomic E-state index is 0.194. The van der Waals surface area contributed by atoms with Gasteiger partial charge in [-0.3, -0.25) is 4.79 Å². The van der Waals surface area contributed by atoms with Crippen LogP contribution in [0.4, 0.5) is 5.69 Å². The summed E-state index contributed by atoms with van der Waals surface area (Å²) >= 11 is 0. The van der Waals surface area contributed by atoms with Crippen LogP contribution in [0.5, 0.6) is 5.75 Å². The van der Waals surface area contributed by atoms with Gasteiger partial charge in [-0.05, 0) is 49.4 Å². The summed E-state index contributed by atoms with van der Waals surface area (Å²) in [5.41, 5.74) is 5.12. The molecule has 1 N–H and O–H groups in total. The third kappa shape index (κ3) is 3.89. The fraction of sp³-hybridized carbons (Fsp3) is 0.0833. The lowest BCUT2D eigenvalue weighted by Gasteiger charge is -2.11. The van der Waals surface area contributed by atoms with Gasteiger partial charge in [-0.1, -0.05) is 42.5 Å². The lowest BCUT2D eigenvalue weighted by Crippen LogP contribution is -2.12. The number of amides is 1. The molecule has 0 spiro atoms. The number of para-hydroxylation sites is 2. The molecule has 0 radical (unpaired) electrons. The average Bonchev–Trinajstić information content (AvgIpc) is 3.16. The molecule has 4 aromatic rings. The van der Waals surface area contributed by atoms with Crippen LogP contribution in [-0.2, 0) is 0 Å². The van der Waals surface area contributed by atoms with Crippen LogP contribution in [0.25, 0.3) is 16.9 Å².